The molecular weight excluding hydrogens is 178 g/mol. The molecule has 1 rings (SSSR count). The second-order valence-corrected chi connectivity index (χ2v) is 3.28. The Morgan fingerprint density at radius 3 is 2.50 bits per heavy atom. The lowest BCUT2D eigenvalue weighted by Gasteiger charge is -2.13. The number of hydrogen-bond donors (Lipinski definition) is 2. The van der Waals surface area contributed by atoms with Crippen molar-refractivity contribution in [2.45, 2.75) is 18.8 Å². The Morgan fingerprint density at radius 2 is 2.00 bits per heavy atom. The molecular formula is C11H15NO2. The summed E-state index contributed by atoms with van der Waals surface area (Å²) in [4.78, 5) is 10.6. The number of benzene rings is 1. The van der Waals surface area contributed by atoms with Crippen LogP contribution in [0.3, 0.4) is 0 Å². The summed E-state index contributed by atoms with van der Waals surface area (Å²) in [5.41, 5.74) is 6.51. The Morgan fingerprint density at radius 1 is 1.36 bits per heavy atom. The number of hydrogen-bond acceptors (Lipinski definition) is 2. The minimum absolute atomic E-state index is 0.0405. The number of carbonyl (C=O) groups is 1. The van der Waals surface area contributed by atoms with E-state index in [1.165, 1.54) is 0 Å². The van der Waals surface area contributed by atoms with E-state index < -0.39 is 5.97 Å². The van der Waals surface area contributed by atoms with Gasteiger partial charge in [-0.2, -0.15) is 0 Å². The molecule has 0 saturated heterocycles. The van der Waals surface area contributed by atoms with Crippen molar-refractivity contribution >= 4 is 5.97 Å². The highest BCUT2D eigenvalue weighted by molar-refractivity contribution is 5.68. The van der Waals surface area contributed by atoms with Gasteiger partial charge in [0.2, 0.25) is 0 Å². The quantitative estimate of drug-likeness (QED) is 0.746. The second-order valence-electron chi connectivity index (χ2n) is 3.28. The molecule has 76 valence electrons. The van der Waals surface area contributed by atoms with Gasteiger partial charge in [0.25, 0.3) is 0 Å². The fourth-order valence-electron chi connectivity index (χ4n) is 1.52. The standard InChI is InChI=1S/C11H15NO2/c12-7-6-10(8-11(13)14)9-4-2-1-3-5-9/h1-5,10H,6-8,12H2,(H,13,14). The molecule has 0 amide bonds. The molecule has 1 aromatic carbocycles. The summed E-state index contributed by atoms with van der Waals surface area (Å²) in [6.07, 6.45) is 0.873. The zero-order valence-electron chi connectivity index (χ0n) is 8.02. The lowest BCUT2D eigenvalue weighted by atomic mass is 9.93. The smallest absolute Gasteiger partial charge is 0.303 e. The van der Waals surface area contributed by atoms with Crippen LogP contribution in [0.2, 0.25) is 0 Å². The third-order valence-corrected chi connectivity index (χ3v) is 2.21. The molecule has 3 N–H and O–H groups in total. The van der Waals surface area contributed by atoms with Crippen molar-refractivity contribution in [1.29, 1.82) is 0 Å². The van der Waals surface area contributed by atoms with E-state index >= 15 is 0 Å². The molecule has 0 fully saturated rings. The van der Waals surface area contributed by atoms with Crippen molar-refractivity contribution in [2.75, 3.05) is 6.54 Å². The first kappa shape index (κ1) is 10.7. The maximum absolute atomic E-state index is 10.6. The predicted molar refractivity (Wildman–Crippen MR) is 55.1 cm³/mol. The van der Waals surface area contributed by atoms with Gasteiger partial charge in [-0.05, 0) is 24.4 Å². The van der Waals surface area contributed by atoms with Gasteiger partial charge in [0.05, 0.1) is 6.42 Å². The van der Waals surface area contributed by atoms with Crippen molar-refractivity contribution in [3.8, 4) is 0 Å². The summed E-state index contributed by atoms with van der Waals surface area (Å²) < 4.78 is 0. The van der Waals surface area contributed by atoms with Gasteiger partial charge in [-0.25, -0.2) is 0 Å². The van der Waals surface area contributed by atoms with Gasteiger partial charge in [-0.3, -0.25) is 4.79 Å². The third kappa shape index (κ3) is 3.18. The summed E-state index contributed by atoms with van der Waals surface area (Å²) >= 11 is 0. The van der Waals surface area contributed by atoms with Gasteiger partial charge in [-0.1, -0.05) is 30.3 Å². The molecule has 14 heavy (non-hydrogen) atoms. The fraction of sp³-hybridized carbons (Fsp3) is 0.364. The van der Waals surface area contributed by atoms with Crippen LogP contribution in [0.1, 0.15) is 24.3 Å². The first-order valence-corrected chi connectivity index (χ1v) is 4.71. The molecule has 1 unspecified atom stereocenters. The lowest BCUT2D eigenvalue weighted by molar-refractivity contribution is -0.137. The SMILES string of the molecule is NCCC(CC(=O)O)c1ccccc1. The molecule has 1 atom stereocenters. The molecule has 0 saturated carbocycles. The van der Waals surface area contributed by atoms with Crippen LogP contribution in [0.25, 0.3) is 0 Å². The average Bonchev–Trinajstić information content (AvgIpc) is 2.18. The van der Waals surface area contributed by atoms with Crippen molar-refractivity contribution in [3.63, 3.8) is 0 Å². The molecule has 0 spiro atoms. The Hall–Kier alpha value is -1.35. The van der Waals surface area contributed by atoms with E-state index in [1.807, 2.05) is 30.3 Å². The molecule has 3 heteroatoms. The Balaban J connectivity index is 2.72. The van der Waals surface area contributed by atoms with Crippen LogP contribution in [-0.4, -0.2) is 17.6 Å². The average molecular weight is 193 g/mol. The normalized spacial score (nSPS) is 12.4. The number of carboxylic acid groups (broad SMARTS) is 1. The molecule has 0 aliphatic rings. The molecule has 0 aromatic heterocycles. The predicted octanol–water partition coefficient (Wildman–Crippen LogP) is 1.59. The van der Waals surface area contributed by atoms with E-state index in [9.17, 15) is 4.79 Å². The first-order chi connectivity index (χ1) is 6.74. The zero-order valence-corrected chi connectivity index (χ0v) is 8.02. The topological polar surface area (TPSA) is 63.3 Å². The van der Waals surface area contributed by atoms with Gasteiger partial charge < -0.3 is 10.8 Å². The largest absolute Gasteiger partial charge is 0.481 e. The van der Waals surface area contributed by atoms with E-state index in [0.29, 0.717) is 6.54 Å². The van der Waals surface area contributed by atoms with Crippen LogP contribution in [0.15, 0.2) is 30.3 Å². The fourth-order valence-corrected chi connectivity index (χ4v) is 1.52. The van der Waals surface area contributed by atoms with Crippen LogP contribution in [0.5, 0.6) is 0 Å². The number of carboxylic acids is 1. The highest BCUT2D eigenvalue weighted by Gasteiger charge is 2.13. The number of aliphatic carboxylic acids is 1. The van der Waals surface area contributed by atoms with Crippen LogP contribution in [-0.2, 0) is 4.79 Å². The van der Waals surface area contributed by atoms with E-state index in [0.717, 1.165) is 12.0 Å². The van der Waals surface area contributed by atoms with Gasteiger partial charge in [-0.15, -0.1) is 0 Å². The van der Waals surface area contributed by atoms with Crippen molar-refractivity contribution in [2.24, 2.45) is 5.73 Å². The van der Waals surface area contributed by atoms with Gasteiger partial charge in [0.15, 0.2) is 0 Å². The minimum atomic E-state index is -0.771. The Labute approximate surface area is 83.6 Å². The van der Waals surface area contributed by atoms with Crippen LogP contribution in [0, 0.1) is 0 Å². The summed E-state index contributed by atoms with van der Waals surface area (Å²) in [6, 6.07) is 9.65. The third-order valence-electron chi connectivity index (χ3n) is 2.21. The van der Waals surface area contributed by atoms with Crippen LogP contribution < -0.4 is 5.73 Å². The van der Waals surface area contributed by atoms with Crippen molar-refractivity contribution < 1.29 is 9.90 Å². The highest BCUT2D eigenvalue weighted by Crippen LogP contribution is 2.22. The van der Waals surface area contributed by atoms with E-state index in [-0.39, 0.29) is 12.3 Å². The maximum Gasteiger partial charge on any atom is 0.303 e. The molecule has 0 aliphatic heterocycles. The van der Waals surface area contributed by atoms with Gasteiger partial charge in [0.1, 0.15) is 0 Å². The molecule has 0 bridgehead atoms. The second kappa shape index (κ2) is 5.40. The number of rotatable bonds is 5. The van der Waals surface area contributed by atoms with Gasteiger partial charge >= 0.3 is 5.97 Å². The Kier molecular flexibility index (Phi) is 4.13. The summed E-state index contributed by atoms with van der Waals surface area (Å²) in [5.74, 6) is -0.731. The van der Waals surface area contributed by atoms with E-state index in [4.69, 9.17) is 10.8 Å². The highest BCUT2D eigenvalue weighted by atomic mass is 16.4. The molecule has 0 heterocycles. The van der Waals surface area contributed by atoms with Crippen molar-refractivity contribution in [1.82, 2.24) is 0 Å². The molecule has 1 aromatic rings. The molecule has 3 nitrogen and oxygen atoms in total. The van der Waals surface area contributed by atoms with E-state index in [1.54, 1.807) is 0 Å². The zero-order chi connectivity index (χ0) is 10.4. The summed E-state index contributed by atoms with van der Waals surface area (Å²) in [7, 11) is 0. The minimum Gasteiger partial charge on any atom is -0.481 e. The Bertz CT molecular complexity index is 285. The van der Waals surface area contributed by atoms with E-state index in [2.05, 4.69) is 0 Å². The van der Waals surface area contributed by atoms with Gasteiger partial charge in [0, 0.05) is 0 Å². The molecule has 0 aliphatic carbocycles. The van der Waals surface area contributed by atoms with Crippen molar-refractivity contribution in [3.05, 3.63) is 35.9 Å². The van der Waals surface area contributed by atoms with Crippen LogP contribution >= 0.6 is 0 Å². The summed E-state index contributed by atoms with van der Waals surface area (Å²) in [5, 5.41) is 8.73. The number of nitrogens with two attached hydrogens (primary N) is 1. The monoisotopic (exact) mass is 193 g/mol. The van der Waals surface area contributed by atoms with Crippen LogP contribution in [0.4, 0.5) is 0 Å². The first-order valence-electron chi connectivity index (χ1n) is 4.71. The molecule has 0 radical (unpaired) electrons. The maximum atomic E-state index is 10.6. The lowest BCUT2D eigenvalue weighted by Crippen LogP contribution is -2.11. The summed E-state index contributed by atoms with van der Waals surface area (Å²) in [6.45, 7) is 0.521.